The maximum Gasteiger partial charge on any atom is 0.255 e. The second-order valence-corrected chi connectivity index (χ2v) is 12.1. The van der Waals surface area contributed by atoms with Gasteiger partial charge in [0.25, 0.3) is 5.91 Å². The van der Waals surface area contributed by atoms with Crippen LogP contribution in [0.3, 0.4) is 0 Å². The lowest BCUT2D eigenvalue weighted by molar-refractivity contribution is -0.121. The number of carbonyl (C=O) groups is 3. The molecule has 3 aliphatic rings. The number of benzene rings is 1. The summed E-state index contributed by atoms with van der Waals surface area (Å²) in [6.07, 6.45) is 12.5. The minimum atomic E-state index is -0.609. The number of aldehydes is 1. The number of rotatable bonds is 12. The highest BCUT2D eigenvalue weighted by Crippen LogP contribution is 2.50. The van der Waals surface area contributed by atoms with Crippen molar-refractivity contribution in [3.05, 3.63) is 34.9 Å². The number of nitrogens with zero attached hydrogens (tertiary/aromatic N) is 1. The lowest BCUT2D eigenvalue weighted by Crippen LogP contribution is -2.46. The van der Waals surface area contributed by atoms with Crippen molar-refractivity contribution >= 4 is 18.1 Å². The molecule has 2 fully saturated rings. The molecule has 2 amide bonds. The van der Waals surface area contributed by atoms with Crippen LogP contribution < -0.4 is 10.6 Å². The molecule has 0 aromatic heterocycles. The number of hydrogen-bond acceptors (Lipinski definition) is 4. The van der Waals surface area contributed by atoms with Crippen molar-refractivity contribution < 1.29 is 14.4 Å². The van der Waals surface area contributed by atoms with Crippen molar-refractivity contribution in [1.82, 2.24) is 15.5 Å². The molecule has 1 aliphatic heterocycles. The fourth-order valence-electron chi connectivity index (χ4n) is 7.08. The standard InChI is InChI=1S/C32H45N3O3/c1-23-17-24-19-26(18-23)32(2,20-24)34-16-9-7-5-4-6-8-11-25-12-10-13-28-29(25)21-35(31(28)38)27(22-36)14-15-30(37)33-3/h10,12-13,22-24,26-27,34H,4-7,9,14-21H2,1-3H3,(H,33,37). The van der Waals surface area contributed by atoms with Gasteiger partial charge in [-0.25, -0.2) is 0 Å². The van der Waals surface area contributed by atoms with Gasteiger partial charge in [-0.1, -0.05) is 37.7 Å². The van der Waals surface area contributed by atoms with Crippen molar-refractivity contribution in [2.24, 2.45) is 17.8 Å². The van der Waals surface area contributed by atoms with Crippen molar-refractivity contribution in [3.8, 4) is 11.8 Å². The van der Waals surface area contributed by atoms with E-state index >= 15 is 0 Å². The predicted molar refractivity (Wildman–Crippen MR) is 150 cm³/mol. The molecule has 1 aromatic rings. The van der Waals surface area contributed by atoms with E-state index in [1.165, 1.54) is 44.9 Å². The number of nitrogens with one attached hydrogen (secondary N) is 2. The van der Waals surface area contributed by atoms with E-state index in [2.05, 4.69) is 36.3 Å². The minimum absolute atomic E-state index is 0.135. The van der Waals surface area contributed by atoms with Crippen LogP contribution in [0.2, 0.25) is 0 Å². The lowest BCUT2D eigenvalue weighted by Gasteiger charge is -2.34. The average molecular weight is 520 g/mol. The Labute approximate surface area is 228 Å². The Balaban J connectivity index is 1.19. The highest BCUT2D eigenvalue weighted by molar-refractivity contribution is 6.00. The Hall–Kier alpha value is -2.65. The third-order valence-electron chi connectivity index (χ3n) is 9.13. The Kier molecular flexibility index (Phi) is 9.65. The summed E-state index contributed by atoms with van der Waals surface area (Å²) in [5.41, 5.74) is 2.72. The van der Waals surface area contributed by atoms with E-state index in [1.807, 2.05) is 12.1 Å². The summed E-state index contributed by atoms with van der Waals surface area (Å²) in [4.78, 5) is 37.8. The topological polar surface area (TPSA) is 78.5 Å². The number of unbranched alkanes of at least 4 members (excludes halogenated alkanes) is 4. The Morgan fingerprint density at radius 3 is 2.82 bits per heavy atom. The van der Waals surface area contributed by atoms with Crippen LogP contribution in [0.4, 0.5) is 0 Å². The molecule has 0 saturated heterocycles. The third kappa shape index (κ3) is 6.67. The van der Waals surface area contributed by atoms with Gasteiger partial charge in [-0.05, 0) is 93.9 Å². The van der Waals surface area contributed by atoms with Crippen LogP contribution in [0.5, 0.6) is 0 Å². The maximum atomic E-state index is 13.0. The minimum Gasteiger partial charge on any atom is -0.359 e. The molecule has 5 unspecified atom stereocenters. The zero-order valence-electron chi connectivity index (χ0n) is 23.5. The van der Waals surface area contributed by atoms with Gasteiger partial charge in [0.1, 0.15) is 6.29 Å². The first kappa shape index (κ1) is 28.4. The second-order valence-electron chi connectivity index (χ2n) is 12.1. The van der Waals surface area contributed by atoms with Gasteiger partial charge in [-0.3, -0.25) is 9.59 Å². The van der Waals surface area contributed by atoms with Gasteiger partial charge < -0.3 is 20.3 Å². The highest BCUT2D eigenvalue weighted by atomic mass is 16.2. The maximum absolute atomic E-state index is 13.0. The SMILES string of the molecule is CNC(=O)CCC(C=O)N1Cc2c(C#CCCCCCCNC3(C)CC4CC(C)CC3C4)cccc2C1=O. The summed E-state index contributed by atoms with van der Waals surface area (Å²) in [7, 11) is 1.57. The summed E-state index contributed by atoms with van der Waals surface area (Å²) in [6, 6.07) is 5.00. The van der Waals surface area contributed by atoms with Crippen molar-refractivity contribution in [3.63, 3.8) is 0 Å². The van der Waals surface area contributed by atoms with Gasteiger partial charge in [0.05, 0.1) is 6.04 Å². The fraction of sp³-hybridized carbons (Fsp3) is 0.656. The fourth-order valence-corrected chi connectivity index (χ4v) is 7.08. The molecule has 38 heavy (non-hydrogen) atoms. The van der Waals surface area contributed by atoms with E-state index in [-0.39, 0.29) is 18.2 Å². The van der Waals surface area contributed by atoms with E-state index in [0.717, 1.165) is 54.6 Å². The Morgan fingerprint density at radius 2 is 2.03 bits per heavy atom. The number of hydrogen-bond donors (Lipinski definition) is 2. The summed E-state index contributed by atoms with van der Waals surface area (Å²) in [5.74, 6) is 8.99. The van der Waals surface area contributed by atoms with Gasteiger partial charge in [-0.15, -0.1) is 0 Å². The molecule has 2 aliphatic carbocycles. The molecule has 2 saturated carbocycles. The summed E-state index contributed by atoms with van der Waals surface area (Å²) >= 11 is 0. The normalized spacial score (nSPS) is 26.4. The molecule has 6 heteroatoms. The first-order valence-electron chi connectivity index (χ1n) is 14.7. The van der Waals surface area contributed by atoms with E-state index in [1.54, 1.807) is 18.0 Å². The predicted octanol–water partition coefficient (Wildman–Crippen LogP) is 4.84. The van der Waals surface area contributed by atoms with Crippen LogP contribution in [-0.4, -0.2) is 48.2 Å². The average Bonchev–Trinajstić information content (AvgIpc) is 3.35. The third-order valence-corrected chi connectivity index (χ3v) is 9.13. The zero-order valence-corrected chi connectivity index (χ0v) is 23.5. The molecule has 0 spiro atoms. The van der Waals surface area contributed by atoms with Crippen LogP contribution in [-0.2, 0) is 16.1 Å². The van der Waals surface area contributed by atoms with Gasteiger partial charge in [-0.2, -0.15) is 0 Å². The molecule has 4 rings (SSSR count). The monoisotopic (exact) mass is 519 g/mol. The first-order valence-corrected chi connectivity index (χ1v) is 14.7. The molecule has 1 heterocycles. The molecule has 1 aromatic carbocycles. The first-order chi connectivity index (χ1) is 18.3. The quantitative estimate of drug-likeness (QED) is 0.235. The smallest absolute Gasteiger partial charge is 0.255 e. The molecule has 2 bridgehead atoms. The molecule has 0 radical (unpaired) electrons. The zero-order chi connectivity index (χ0) is 27.1. The molecular weight excluding hydrogens is 474 g/mol. The number of fused-ring (bicyclic) bond motifs is 3. The number of carbonyl (C=O) groups excluding carboxylic acids is 3. The Bertz CT molecular complexity index is 1070. The van der Waals surface area contributed by atoms with Gasteiger partial charge >= 0.3 is 0 Å². The van der Waals surface area contributed by atoms with Crippen LogP contribution in [0, 0.1) is 29.6 Å². The summed E-state index contributed by atoms with van der Waals surface area (Å²) < 4.78 is 0. The number of amides is 2. The molecule has 2 N–H and O–H groups in total. The van der Waals surface area contributed by atoms with Crippen LogP contribution in [0.15, 0.2) is 18.2 Å². The van der Waals surface area contributed by atoms with Crippen LogP contribution >= 0.6 is 0 Å². The van der Waals surface area contributed by atoms with Crippen molar-refractivity contribution in [2.75, 3.05) is 13.6 Å². The molecule has 6 nitrogen and oxygen atoms in total. The summed E-state index contributed by atoms with van der Waals surface area (Å²) in [6.45, 7) is 6.37. The largest absolute Gasteiger partial charge is 0.359 e. The molecule has 206 valence electrons. The summed E-state index contributed by atoms with van der Waals surface area (Å²) in [5, 5.41) is 6.49. The molecular formula is C32H45N3O3. The van der Waals surface area contributed by atoms with Crippen LogP contribution in [0.1, 0.15) is 106 Å². The van der Waals surface area contributed by atoms with E-state index < -0.39 is 6.04 Å². The second kappa shape index (κ2) is 12.9. The Morgan fingerprint density at radius 1 is 1.21 bits per heavy atom. The van der Waals surface area contributed by atoms with E-state index in [4.69, 9.17) is 0 Å². The molecule has 5 atom stereocenters. The van der Waals surface area contributed by atoms with Gasteiger partial charge in [0.2, 0.25) is 5.91 Å². The lowest BCUT2D eigenvalue weighted by atomic mass is 9.79. The van der Waals surface area contributed by atoms with Crippen LogP contribution in [0.25, 0.3) is 0 Å². The van der Waals surface area contributed by atoms with Crippen molar-refractivity contribution in [2.45, 2.75) is 103 Å². The van der Waals surface area contributed by atoms with Crippen molar-refractivity contribution in [1.29, 1.82) is 0 Å². The van der Waals surface area contributed by atoms with Gasteiger partial charge in [0.15, 0.2) is 0 Å². The highest BCUT2D eigenvalue weighted by Gasteiger charge is 2.46. The van der Waals surface area contributed by atoms with Gasteiger partial charge in [0, 0.05) is 43.1 Å². The van der Waals surface area contributed by atoms with E-state index in [9.17, 15) is 14.4 Å². The van der Waals surface area contributed by atoms with E-state index in [0.29, 0.717) is 24.1 Å².